The second-order valence-corrected chi connectivity index (χ2v) is 4.94. The van der Waals surface area contributed by atoms with E-state index in [1.54, 1.807) is 0 Å². The molecule has 2 rings (SSSR count). The number of H-pyrrole nitrogens is 1. The fourth-order valence-corrected chi connectivity index (χ4v) is 2.19. The Hall–Kier alpha value is -0.630. The number of anilines is 1. The molecule has 0 unspecified atom stereocenters. The van der Waals surface area contributed by atoms with Crippen LogP contribution in [-0.4, -0.2) is 41.5 Å². The van der Waals surface area contributed by atoms with Gasteiger partial charge in [0.25, 0.3) is 5.56 Å². The lowest BCUT2D eigenvalue weighted by molar-refractivity contribution is 0.144. The number of rotatable bonds is 3. The molecule has 1 saturated heterocycles. The van der Waals surface area contributed by atoms with Gasteiger partial charge in [0.2, 0.25) is 0 Å². The van der Waals surface area contributed by atoms with Crippen LogP contribution >= 0.6 is 22.6 Å². The zero-order valence-corrected chi connectivity index (χ0v) is 10.6. The highest BCUT2D eigenvalue weighted by Crippen LogP contribution is 2.15. The molecule has 82 valence electrons. The van der Waals surface area contributed by atoms with E-state index < -0.39 is 0 Å². The molecular formula is C9H13IN4O. The molecule has 0 atom stereocenters. The SMILES string of the molecule is CN1CC(CNc2nc[nH]c(=O)c2I)C1. The molecule has 1 aromatic rings. The minimum Gasteiger partial charge on any atom is -0.369 e. The molecule has 5 nitrogen and oxygen atoms in total. The Kier molecular flexibility index (Phi) is 3.25. The van der Waals surface area contributed by atoms with E-state index >= 15 is 0 Å². The largest absolute Gasteiger partial charge is 0.369 e. The average molecular weight is 320 g/mol. The van der Waals surface area contributed by atoms with Gasteiger partial charge in [-0.25, -0.2) is 4.98 Å². The Bertz CT molecular complexity index is 399. The molecule has 15 heavy (non-hydrogen) atoms. The molecule has 1 aliphatic heterocycles. The smallest absolute Gasteiger partial charge is 0.266 e. The van der Waals surface area contributed by atoms with Crippen LogP contribution in [0.5, 0.6) is 0 Å². The Labute approximate surface area is 101 Å². The molecule has 0 saturated carbocycles. The van der Waals surface area contributed by atoms with Crippen LogP contribution in [0.1, 0.15) is 0 Å². The molecule has 0 spiro atoms. The first-order chi connectivity index (χ1) is 7.16. The maximum atomic E-state index is 11.3. The van der Waals surface area contributed by atoms with E-state index in [2.05, 4.69) is 27.2 Å². The first kappa shape index (κ1) is 10.9. The minimum atomic E-state index is -0.0844. The summed E-state index contributed by atoms with van der Waals surface area (Å²) in [5.74, 6) is 1.36. The minimum absolute atomic E-state index is 0.0844. The van der Waals surface area contributed by atoms with Crippen molar-refractivity contribution in [3.05, 3.63) is 20.3 Å². The molecule has 0 aromatic carbocycles. The molecule has 2 N–H and O–H groups in total. The highest BCUT2D eigenvalue weighted by atomic mass is 127. The molecule has 1 aliphatic rings. The van der Waals surface area contributed by atoms with Gasteiger partial charge in [0.15, 0.2) is 0 Å². The van der Waals surface area contributed by atoms with Gasteiger partial charge in [0, 0.05) is 25.6 Å². The summed E-state index contributed by atoms with van der Waals surface area (Å²) in [6.45, 7) is 3.12. The standard InChI is InChI=1S/C9H13IN4O/c1-14-3-6(4-14)2-11-8-7(10)9(15)13-5-12-8/h5-6H,2-4H2,1H3,(H2,11,12,13,15). The number of aromatic nitrogens is 2. The second kappa shape index (κ2) is 4.48. The summed E-state index contributed by atoms with van der Waals surface area (Å²) in [4.78, 5) is 20.2. The zero-order valence-electron chi connectivity index (χ0n) is 8.46. The lowest BCUT2D eigenvalue weighted by Gasteiger charge is -2.36. The van der Waals surface area contributed by atoms with E-state index in [9.17, 15) is 4.79 Å². The third kappa shape index (κ3) is 2.49. The van der Waals surface area contributed by atoms with Crippen molar-refractivity contribution in [2.24, 2.45) is 5.92 Å². The average Bonchev–Trinajstić information content (AvgIpc) is 2.17. The van der Waals surface area contributed by atoms with Crippen molar-refractivity contribution < 1.29 is 0 Å². The van der Waals surface area contributed by atoms with E-state index in [-0.39, 0.29) is 5.56 Å². The van der Waals surface area contributed by atoms with Crippen LogP contribution < -0.4 is 10.9 Å². The van der Waals surface area contributed by atoms with Crippen molar-refractivity contribution in [2.45, 2.75) is 0 Å². The van der Waals surface area contributed by atoms with Crippen LogP contribution in [0.25, 0.3) is 0 Å². The Balaban J connectivity index is 1.93. The number of halogens is 1. The van der Waals surface area contributed by atoms with Crippen molar-refractivity contribution in [3.8, 4) is 0 Å². The van der Waals surface area contributed by atoms with Crippen molar-refractivity contribution in [3.63, 3.8) is 0 Å². The molecule has 0 bridgehead atoms. The molecule has 0 aliphatic carbocycles. The van der Waals surface area contributed by atoms with Crippen molar-refractivity contribution in [1.29, 1.82) is 0 Å². The summed E-state index contributed by atoms with van der Waals surface area (Å²) in [6.07, 6.45) is 1.43. The summed E-state index contributed by atoms with van der Waals surface area (Å²) < 4.78 is 0.628. The van der Waals surface area contributed by atoms with Gasteiger partial charge in [-0.2, -0.15) is 0 Å². The molecule has 6 heteroatoms. The quantitative estimate of drug-likeness (QED) is 0.789. The first-order valence-electron chi connectivity index (χ1n) is 4.82. The summed E-state index contributed by atoms with van der Waals surface area (Å²) in [5, 5.41) is 3.21. The van der Waals surface area contributed by atoms with E-state index in [1.807, 2.05) is 22.6 Å². The number of nitrogens with zero attached hydrogens (tertiary/aromatic N) is 2. The first-order valence-corrected chi connectivity index (χ1v) is 5.90. The number of aromatic amines is 1. The summed E-state index contributed by atoms with van der Waals surface area (Å²) >= 11 is 2.01. The fourth-order valence-electron chi connectivity index (χ4n) is 1.70. The summed E-state index contributed by atoms with van der Waals surface area (Å²) in [5.41, 5.74) is -0.0844. The van der Waals surface area contributed by atoms with Gasteiger partial charge in [0.05, 0.1) is 6.33 Å². The Morgan fingerprint density at radius 2 is 2.47 bits per heavy atom. The normalized spacial score (nSPS) is 17.5. The van der Waals surface area contributed by atoms with Crippen molar-refractivity contribution >= 4 is 28.4 Å². The van der Waals surface area contributed by atoms with E-state index in [0.717, 1.165) is 19.6 Å². The Morgan fingerprint density at radius 1 is 1.73 bits per heavy atom. The van der Waals surface area contributed by atoms with Crippen molar-refractivity contribution in [1.82, 2.24) is 14.9 Å². The van der Waals surface area contributed by atoms with Gasteiger partial charge in [0.1, 0.15) is 9.39 Å². The maximum Gasteiger partial charge on any atom is 0.266 e. The lowest BCUT2D eigenvalue weighted by atomic mass is 10.0. The van der Waals surface area contributed by atoms with Crippen LogP contribution in [0.2, 0.25) is 0 Å². The number of hydrogen-bond donors (Lipinski definition) is 2. The summed E-state index contributed by atoms with van der Waals surface area (Å²) in [7, 11) is 2.10. The van der Waals surface area contributed by atoms with E-state index in [1.165, 1.54) is 6.33 Å². The van der Waals surface area contributed by atoms with Gasteiger partial charge in [-0.1, -0.05) is 0 Å². The van der Waals surface area contributed by atoms with Gasteiger partial charge >= 0.3 is 0 Å². The van der Waals surface area contributed by atoms with Crippen LogP contribution in [0.4, 0.5) is 5.82 Å². The maximum absolute atomic E-state index is 11.3. The Morgan fingerprint density at radius 3 is 3.13 bits per heavy atom. The molecule has 1 aromatic heterocycles. The van der Waals surface area contributed by atoms with Crippen LogP contribution in [-0.2, 0) is 0 Å². The predicted octanol–water partition coefficient (Wildman–Crippen LogP) is 0.348. The van der Waals surface area contributed by atoms with Gasteiger partial charge < -0.3 is 15.2 Å². The number of nitrogens with one attached hydrogen (secondary N) is 2. The molecule has 2 heterocycles. The topological polar surface area (TPSA) is 61.0 Å². The van der Waals surface area contributed by atoms with Gasteiger partial charge in [-0.05, 0) is 29.6 Å². The van der Waals surface area contributed by atoms with Crippen LogP contribution in [0.3, 0.4) is 0 Å². The molecule has 1 fully saturated rings. The van der Waals surface area contributed by atoms with Gasteiger partial charge in [-0.15, -0.1) is 0 Å². The highest BCUT2D eigenvalue weighted by molar-refractivity contribution is 14.1. The number of likely N-dealkylation sites (tertiary alicyclic amines) is 1. The third-order valence-corrected chi connectivity index (χ3v) is 3.50. The second-order valence-electron chi connectivity index (χ2n) is 3.86. The fraction of sp³-hybridized carbons (Fsp3) is 0.556. The lowest BCUT2D eigenvalue weighted by Crippen LogP contribution is -2.46. The number of hydrogen-bond acceptors (Lipinski definition) is 4. The summed E-state index contributed by atoms with van der Waals surface area (Å²) in [6, 6.07) is 0. The molecule has 0 amide bonds. The zero-order chi connectivity index (χ0) is 10.8. The van der Waals surface area contributed by atoms with Crippen LogP contribution in [0, 0.1) is 9.49 Å². The highest BCUT2D eigenvalue weighted by Gasteiger charge is 2.22. The molecule has 0 radical (unpaired) electrons. The van der Waals surface area contributed by atoms with Crippen molar-refractivity contribution in [2.75, 3.05) is 32.0 Å². The predicted molar refractivity (Wildman–Crippen MR) is 67.1 cm³/mol. The molecular weight excluding hydrogens is 307 g/mol. The monoisotopic (exact) mass is 320 g/mol. The van der Waals surface area contributed by atoms with Gasteiger partial charge in [-0.3, -0.25) is 4.79 Å². The van der Waals surface area contributed by atoms with E-state index in [0.29, 0.717) is 15.3 Å². The third-order valence-electron chi connectivity index (χ3n) is 2.49. The van der Waals surface area contributed by atoms with E-state index in [4.69, 9.17) is 0 Å². The van der Waals surface area contributed by atoms with Crippen LogP contribution in [0.15, 0.2) is 11.1 Å².